The molecular weight excluding hydrogens is 300 g/mol. The van der Waals surface area contributed by atoms with E-state index in [4.69, 9.17) is 0 Å². The van der Waals surface area contributed by atoms with Crippen LogP contribution in [0.25, 0.3) is 0 Å². The summed E-state index contributed by atoms with van der Waals surface area (Å²) in [6.07, 6.45) is 4.94. The standard InChI is InChI=1S/C20H24N2O2/c1-20(2)10-6-7-13-11-16-15(12-17(13)20)18(23)21-22(19(16)24)14-8-4-3-5-9-14/h3-5,8-9,15-16H,6-7,10-12H2,1-2H3,(H,21,23)/t15-,16-/m0/s1. The highest BCUT2D eigenvalue weighted by Gasteiger charge is 2.48. The van der Waals surface area contributed by atoms with Crippen molar-refractivity contribution >= 4 is 17.5 Å². The van der Waals surface area contributed by atoms with Crippen LogP contribution in [0.5, 0.6) is 0 Å². The van der Waals surface area contributed by atoms with E-state index in [0.717, 1.165) is 24.9 Å². The lowest BCUT2D eigenvalue weighted by molar-refractivity contribution is -0.140. The Kier molecular flexibility index (Phi) is 3.52. The molecule has 0 aromatic heterocycles. The number of hydrogen-bond donors (Lipinski definition) is 1. The highest BCUT2D eigenvalue weighted by Crippen LogP contribution is 2.50. The molecule has 2 atom stereocenters. The number of amides is 2. The third kappa shape index (κ3) is 2.36. The van der Waals surface area contributed by atoms with Gasteiger partial charge in [0, 0.05) is 0 Å². The molecule has 126 valence electrons. The number of nitrogens with zero attached hydrogens (tertiary/aromatic N) is 1. The number of carbonyl (C=O) groups excluding carboxylic acids is 2. The Balaban J connectivity index is 1.67. The minimum Gasteiger partial charge on any atom is -0.273 e. The van der Waals surface area contributed by atoms with Gasteiger partial charge >= 0.3 is 0 Å². The van der Waals surface area contributed by atoms with Gasteiger partial charge in [-0.3, -0.25) is 15.0 Å². The maximum absolute atomic E-state index is 13.0. The highest BCUT2D eigenvalue weighted by atomic mass is 16.2. The zero-order valence-corrected chi connectivity index (χ0v) is 14.3. The van der Waals surface area contributed by atoms with E-state index in [9.17, 15) is 9.59 Å². The van der Waals surface area contributed by atoms with Gasteiger partial charge in [0.25, 0.3) is 0 Å². The summed E-state index contributed by atoms with van der Waals surface area (Å²) in [4.78, 5) is 25.7. The van der Waals surface area contributed by atoms with E-state index in [-0.39, 0.29) is 29.1 Å². The Labute approximate surface area is 142 Å². The predicted molar refractivity (Wildman–Crippen MR) is 92.9 cm³/mol. The number of rotatable bonds is 1. The van der Waals surface area contributed by atoms with Crippen molar-refractivity contribution in [3.63, 3.8) is 0 Å². The van der Waals surface area contributed by atoms with Crippen molar-refractivity contribution in [2.24, 2.45) is 17.3 Å². The first-order valence-corrected chi connectivity index (χ1v) is 8.88. The second kappa shape index (κ2) is 5.47. The summed E-state index contributed by atoms with van der Waals surface area (Å²) in [5, 5.41) is 1.45. The fourth-order valence-electron chi connectivity index (χ4n) is 4.66. The van der Waals surface area contributed by atoms with Gasteiger partial charge in [-0.25, -0.2) is 5.01 Å². The number of allylic oxidation sites excluding steroid dienone is 2. The maximum atomic E-state index is 13.0. The van der Waals surface area contributed by atoms with Gasteiger partial charge < -0.3 is 0 Å². The van der Waals surface area contributed by atoms with Crippen LogP contribution in [0.15, 0.2) is 41.5 Å². The quantitative estimate of drug-likeness (QED) is 0.803. The molecule has 0 unspecified atom stereocenters. The number of fused-ring (bicyclic) bond motifs is 1. The van der Waals surface area contributed by atoms with Gasteiger partial charge in [-0.15, -0.1) is 0 Å². The summed E-state index contributed by atoms with van der Waals surface area (Å²) in [7, 11) is 0. The van der Waals surface area contributed by atoms with Crippen LogP contribution >= 0.6 is 0 Å². The van der Waals surface area contributed by atoms with Crippen molar-refractivity contribution in [1.29, 1.82) is 0 Å². The second-order valence-corrected chi connectivity index (χ2v) is 7.93. The summed E-state index contributed by atoms with van der Waals surface area (Å²) in [5.74, 6) is -0.419. The van der Waals surface area contributed by atoms with Crippen LogP contribution in [0.3, 0.4) is 0 Å². The molecule has 0 radical (unpaired) electrons. The SMILES string of the molecule is CC1(C)CCCC2=C1C[C@@H]1C(=O)NN(c3ccccc3)C(=O)[C@H]1C2. The van der Waals surface area contributed by atoms with E-state index >= 15 is 0 Å². The third-order valence-corrected chi connectivity index (χ3v) is 6.01. The molecule has 24 heavy (non-hydrogen) atoms. The van der Waals surface area contributed by atoms with E-state index in [0.29, 0.717) is 0 Å². The number of anilines is 1. The molecule has 4 rings (SSSR count). The summed E-state index contributed by atoms with van der Waals surface area (Å²) in [6, 6.07) is 9.38. The minimum absolute atomic E-state index is 0.0172. The molecule has 0 saturated carbocycles. The van der Waals surface area contributed by atoms with Gasteiger partial charge in [-0.1, -0.05) is 43.2 Å². The fraction of sp³-hybridized carbons (Fsp3) is 0.500. The fourth-order valence-corrected chi connectivity index (χ4v) is 4.66. The van der Waals surface area contributed by atoms with Crippen molar-refractivity contribution in [2.45, 2.75) is 46.0 Å². The molecule has 1 heterocycles. The molecule has 1 aromatic rings. The average molecular weight is 324 g/mol. The first-order chi connectivity index (χ1) is 11.5. The Morgan fingerprint density at radius 1 is 1.08 bits per heavy atom. The molecule has 1 aromatic carbocycles. The van der Waals surface area contributed by atoms with Crippen molar-refractivity contribution in [3.05, 3.63) is 41.5 Å². The summed E-state index contributed by atoms with van der Waals surface area (Å²) in [6.45, 7) is 4.56. The zero-order valence-electron chi connectivity index (χ0n) is 14.3. The molecule has 0 bridgehead atoms. The summed E-state index contributed by atoms with van der Waals surface area (Å²) >= 11 is 0. The van der Waals surface area contributed by atoms with Gasteiger partial charge in [0.2, 0.25) is 11.8 Å². The van der Waals surface area contributed by atoms with Crippen molar-refractivity contribution in [1.82, 2.24) is 5.43 Å². The van der Waals surface area contributed by atoms with E-state index in [2.05, 4.69) is 19.3 Å². The largest absolute Gasteiger partial charge is 0.273 e. The molecule has 2 amide bonds. The number of hydrazine groups is 1. The van der Waals surface area contributed by atoms with Crippen molar-refractivity contribution in [2.75, 3.05) is 5.01 Å². The second-order valence-electron chi connectivity index (χ2n) is 7.93. The normalized spacial score (nSPS) is 29.0. The monoisotopic (exact) mass is 324 g/mol. The van der Waals surface area contributed by atoms with Crippen molar-refractivity contribution in [3.8, 4) is 0 Å². The van der Waals surface area contributed by atoms with Crippen LogP contribution in [0.2, 0.25) is 0 Å². The van der Waals surface area contributed by atoms with E-state index in [1.807, 2.05) is 30.3 Å². The number of para-hydroxylation sites is 1. The molecule has 1 saturated heterocycles. The van der Waals surface area contributed by atoms with Crippen molar-refractivity contribution < 1.29 is 9.59 Å². The van der Waals surface area contributed by atoms with Crippen LogP contribution in [0.4, 0.5) is 5.69 Å². The topological polar surface area (TPSA) is 49.4 Å². The Hall–Kier alpha value is -2.10. The summed E-state index contributed by atoms with van der Waals surface area (Å²) in [5.41, 5.74) is 6.60. The van der Waals surface area contributed by atoms with E-state index < -0.39 is 0 Å². The Morgan fingerprint density at radius 2 is 1.83 bits per heavy atom. The molecule has 4 heteroatoms. The Bertz CT molecular complexity index is 720. The lowest BCUT2D eigenvalue weighted by atomic mass is 9.62. The first kappa shape index (κ1) is 15.4. The lowest BCUT2D eigenvalue weighted by Crippen LogP contribution is -2.60. The molecule has 4 nitrogen and oxygen atoms in total. The van der Waals surface area contributed by atoms with Gasteiger partial charge in [0.1, 0.15) is 0 Å². The predicted octanol–water partition coefficient (Wildman–Crippen LogP) is 3.60. The van der Waals surface area contributed by atoms with Gasteiger partial charge in [-0.05, 0) is 49.7 Å². The molecule has 1 N–H and O–H groups in total. The van der Waals surface area contributed by atoms with E-state index in [1.54, 1.807) is 0 Å². The molecule has 3 aliphatic rings. The molecule has 1 fully saturated rings. The lowest BCUT2D eigenvalue weighted by Gasteiger charge is -2.46. The van der Waals surface area contributed by atoms with Crippen LogP contribution in [0, 0.1) is 17.3 Å². The smallest absolute Gasteiger partial charge is 0.249 e. The van der Waals surface area contributed by atoms with Crippen LogP contribution in [-0.4, -0.2) is 11.8 Å². The Morgan fingerprint density at radius 3 is 2.58 bits per heavy atom. The third-order valence-electron chi connectivity index (χ3n) is 6.01. The van der Waals surface area contributed by atoms with Crippen LogP contribution < -0.4 is 10.4 Å². The minimum atomic E-state index is -0.216. The molecule has 1 aliphatic heterocycles. The van der Waals surface area contributed by atoms with Crippen LogP contribution in [0.1, 0.15) is 46.0 Å². The van der Waals surface area contributed by atoms with Crippen LogP contribution in [-0.2, 0) is 9.59 Å². The maximum Gasteiger partial charge on any atom is 0.249 e. The first-order valence-electron chi connectivity index (χ1n) is 8.88. The van der Waals surface area contributed by atoms with Gasteiger partial charge in [0.15, 0.2) is 0 Å². The highest BCUT2D eigenvalue weighted by molar-refractivity contribution is 6.04. The number of carbonyl (C=O) groups is 2. The molecular formula is C20H24N2O2. The number of benzene rings is 1. The average Bonchev–Trinajstić information content (AvgIpc) is 2.58. The van der Waals surface area contributed by atoms with Gasteiger partial charge in [0.05, 0.1) is 17.5 Å². The molecule has 0 spiro atoms. The summed E-state index contributed by atoms with van der Waals surface area (Å²) < 4.78 is 0. The van der Waals surface area contributed by atoms with E-state index in [1.165, 1.54) is 29.0 Å². The zero-order chi connectivity index (χ0) is 16.9. The number of nitrogens with one attached hydrogen (secondary N) is 1. The van der Waals surface area contributed by atoms with Gasteiger partial charge in [-0.2, -0.15) is 0 Å². The molecule has 2 aliphatic carbocycles. The number of hydrogen-bond acceptors (Lipinski definition) is 2.